The fourth-order valence-corrected chi connectivity index (χ4v) is 2.19. The van der Waals surface area contributed by atoms with Crippen LogP contribution in [0.15, 0.2) is 11.6 Å². The summed E-state index contributed by atoms with van der Waals surface area (Å²) in [6.07, 6.45) is 6.24. The number of carbonyl (C=O) groups is 2. The maximum absolute atomic E-state index is 11.4. The zero-order valence-corrected chi connectivity index (χ0v) is 11.9. The lowest BCUT2D eigenvalue weighted by Crippen LogP contribution is -2.10. The quantitative estimate of drug-likeness (QED) is 0.543. The van der Waals surface area contributed by atoms with E-state index in [2.05, 4.69) is 0 Å². The van der Waals surface area contributed by atoms with Crippen molar-refractivity contribution < 1.29 is 19.4 Å². The van der Waals surface area contributed by atoms with Crippen molar-refractivity contribution >= 4 is 11.8 Å². The van der Waals surface area contributed by atoms with Crippen molar-refractivity contribution in [3.05, 3.63) is 11.6 Å². The van der Waals surface area contributed by atoms with Crippen molar-refractivity contribution in [1.82, 2.24) is 0 Å². The summed E-state index contributed by atoms with van der Waals surface area (Å²) >= 11 is 0. The summed E-state index contributed by atoms with van der Waals surface area (Å²) in [5, 5.41) is 9.30. The number of hydrogen-bond acceptors (Lipinski definition) is 4. The fraction of sp³-hybridized carbons (Fsp3) is 0.733. The molecular formula is C15H24O4. The monoisotopic (exact) mass is 268 g/mol. The van der Waals surface area contributed by atoms with Gasteiger partial charge in [0.1, 0.15) is 0 Å². The van der Waals surface area contributed by atoms with E-state index in [1.807, 2.05) is 13.8 Å². The molecule has 4 heteroatoms. The van der Waals surface area contributed by atoms with Gasteiger partial charge in [0.05, 0.1) is 12.2 Å². The minimum atomic E-state index is -0.576. The van der Waals surface area contributed by atoms with E-state index in [0.29, 0.717) is 6.42 Å². The maximum Gasteiger partial charge on any atom is 0.306 e. The number of ether oxygens (including phenoxy) is 1. The molecule has 0 bridgehead atoms. The van der Waals surface area contributed by atoms with Gasteiger partial charge in [-0.15, -0.1) is 0 Å². The molecule has 0 radical (unpaired) electrons. The highest BCUT2D eigenvalue weighted by molar-refractivity contribution is 5.98. The van der Waals surface area contributed by atoms with Gasteiger partial charge in [0.2, 0.25) is 0 Å². The van der Waals surface area contributed by atoms with Crippen LogP contribution < -0.4 is 0 Å². The molecule has 1 atom stereocenters. The van der Waals surface area contributed by atoms with Gasteiger partial charge in [-0.3, -0.25) is 9.59 Å². The third-order valence-corrected chi connectivity index (χ3v) is 3.09. The van der Waals surface area contributed by atoms with Crippen molar-refractivity contribution in [3.8, 4) is 0 Å². The first-order valence-electron chi connectivity index (χ1n) is 7.10. The van der Waals surface area contributed by atoms with E-state index in [1.54, 1.807) is 6.08 Å². The average Bonchev–Trinajstić information content (AvgIpc) is 2.61. The number of rotatable bonds is 8. The molecule has 0 fully saturated rings. The van der Waals surface area contributed by atoms with Gasteiger partial charge in [-0.1, -0.05) is 12.8 Å². The van der Waals surface area contributed by atoms with E-state index in [-0.39, 0.29) is 24.3 Å². The van der Waals surface area contributed by atoms with Crippen LogP contribution in [0.5, 0.6) is 0 Å². The molecule has 4 nitrogen and oxygen atoms in total. The molecule has 0 amide bonds. The number of Topliss-reactive ketones (excluding diaryl/α,β-unsaturated/α-hetero) is 1. The van der Waals surface area contributed by atoms with E-state index >= 15 is 0 Å². The molecule has 0 aromatic carbocycles. The number of esters is 1. The summed E-state index contributed by atoms with van der Waals surface area (Å²) in [7, 11) is 0. The molecule has 1 rings (SSSR count). The Bertz CT molecular complexity index is 344. The normalized spacial score (nSPS) is 18.8. The third-order valence-electron chi connectivity index (χ3n) is 3.09. The molecule has 0 aromatic heterocycles. The summed E-state index contributed by atoms with van der Waals surface area (Å²) in [5.74, 6) is -0.0557. The van der Waals surface area contributed by atoms with Crippen LogP contribution in [0.25, 0.3) is 0 Å². The molecule has 1 unspecified atom stereocenters. The van der Waals surface area contributed by atoms with Crippen molar-refractivity contribution in [3.63, 3.8) is 0 Å². The lowest BCUT2D eigenvalue weighted by atomic mass is 10.0. The number of ketones is 1. The second-order valence-electron chi connectivity index (χ2n) is 5.34. The van der Waals surface area contributed by atoms with Gasteiger partial charge in [-0.2, -0.15) is 0 Å². The van der Waals surface area contributed by atoms with Gasteiger partial charge in [0.15, 0.2) is 5.78 Å². The third kappa shape index (κ3) is 6.53. The lowest BCUT2D eigenvalue weighted by Gasteiger charge is -2.07. The van der Waals surface area contributed by atoms with Crippen molar-refractivity contribution in [2.75, 3.05) is 0 Å². The number of aliphatic hydroxyl groups excluding tert-OH is 1. The molecule has 1 aliphatic carbocycles. The Morgan fingerprint density at radius 3 is 2.63 bits per heavy atom. The molecular weight excluding hydrogens is 244 g/mol. The molecule has 0 aromatic rings. The van der Waals surface area contributed by atoms with E-state index < -0.39 is 6.10 Å². The largest absolute Gasteiger partial charge is 0.463 e. The van der Waals surface area contributed by atoms with Crippen molar-refractivity contribution in [1.29, 1.82) is 0 Å². The Labute approximate surface area is 114 Å². The molecule has 0 heterocycles. The number of hydrogen-bond donors (Lipinski definition) is 1. The number of aliphatic hydroxyl groups is 1. The summed E-state index contributed by atoms with van der Waals surface area (Å²) in [6.45, 7) is 3.69. The first-order chi connectivity index (χ1) is 8.99. The molecule has 1 aliphatic rings. The van der Waals surface area contributed by atoms with Crippen LogP contribution in [-0.2, 0) is 14.3 Å². The Morgan fingerprint density at radius 2 is 2.05 bits per heavy atom. The predicted octanol–water partition coefficient (Wildman–Crippen LogP) is 2.54. The highest BCUT2D eigenvalue weighted by atomic mass is 16.5. The zero-order valence-electron chi connectivity index (χ0n) is 11.9. The topological polar surface area (TPSA) is 63.6 Å². The first-order valence-corrected chi connectivity index (χ1v) is 7.10. The summed E-state index contributed by atoms with van der Waals surface area (Å²) in [5.41, 5.74) is 0.770. The molecule has 108 valence electrons. The van der Waals surface area contributed by atoms with Gasteiger partial charge in [0, 0.05) is 12.8 Å². The van der Waals surface area contributed by atoms with Crippen LogP contribution >= 0.6 is 0 Å². The molecule has 19 heavy (non-hydrogen) atoms. The standard InChI is InChI=1S/C15H24O4/c1-11(2)19-15(18)8-6-4-3-5-7-12-9-13(16)10-14(12)17/h9,11,13,16H,3-8,10H2,1-2H3. The molecule has 0 saturated carbocycles. The second-order valence-corrected chi connectivity index (χ2v) is 5.34. The Hall–Kier alpha value is -1.16. The Balaban J connectivity index is 2.01. The summed E-state index contributed by atoms with van der Waals surface area (Å²) in [4.78, 5) is 22.7. The molecule has 0 spiro atoms. The second kappa shape index (κ2) is 8.10. The highest BCUT2D eigenvalue weighted by Crippen LogP contribution is 2.20. The zero-order chi connectivity index (χ0) is 14.3. The SMILES string of the molecule is CC(C)OC(=O)CCCCCCC1=CC(O)CC1=O. The van der Waals surface area contributed by atoms with Crippen LogP contribution in [-0.4, -0.2) is 29.1 Å². The van der Waals surface area contributed by atoms with Crippen LogP contribution in [0, 0.1) is 0 Å². The highest BCUT2D eigenvalue weighted by Gasteiger charge is 2.21. The number of carbonyl (C=O) groups excluding carboxylic acids is 2. The lowest BCUT2D eigenvalue weighted by molar-refractivity contribution is -0.147. The minimum absolute atomic E-state index is 0.0424. The van der Waals surface area contributed by atoms with E-state index in [1.165, 1.54) is 0 Å². The summed E-state index contributed by atoms with van der Waals surface area (Å²) < 4.78 is 5.04. The van der Waals surface area contributed by atoms with Crippen LogP contribution in [0.3, 0.4) is 0 Å². The molecule has 0 saturated heterocycles. The van der Waals surface area contributed by atoms with Crippen LogP contribution in [0.2, 0.25) is 0 Å². The fourth-order valence-electron chi connectivity index (χ4n) is 2.19. The van der Waals surface area contributed by atoms with E-state index in [0.717, 1.165) is 37.7 Å². The van der Waals surface area contributed by atoms with Crippen LogP contribution in [0.1, 0.15) is 58.8 Å². The minimum Gasteiger partial charge on any atom is -0.463 e. The average molecular weight is 268 g/mol. The summed E-state index contributed by atoms with van der Waals surface area (Å²) in [6, 6.07) is 0. The molecule has 0 aliphatic heterocycles. The van der Waals surface area contributed by atoms with Gasteiger partial charge < -0.3 is 9.84 Å². The number of allylic oxidation sites excluding steroid dienone is 1. The Kier molecular flexibility index (Phi) is 6.78. The van der Waals surface area contributed by atoms with Crippen molar-refractivity contribution in [2.45, 2.75) is 71.0 Å². The number of unbranched alkanes of at least 4 members (excludes halogenated alkanes) is 3. The van der Waals surface area contributed by atoms with Crippen LogP contribution in [0.4, 0.5) is 0 Å². The predicted molar refractivity (Wildman–Crippen MR) is 72.6 cm³/mol. The Morgan fingerprint density at radius 1 is 1.37 bits per heavy atom. The van der Waals surface area contributed by atoms with Gasteiger partial charge in [-0.05, 0) is 44.8 Å². The van der Waals surface area contributed by atoms with Gasteiger partial charge >= 0.3 is 5.97 Å². The maximum atomic E-state index is 11.4. The smallest absolute Gasteiger partial charge is 0.306 e. The molecule has 1 N–H and O–H groups in total. The van der Waals surface area contributed by atoms with Gasteiger partial charge in [-0.25, -0.2) is 0 Å². The van der Waals surface area contributed by atoms with E-state index in [9.17, 15) is 14.7 Å². The first kappa shape index (κ1) is 15.9. The van der Waals surface area contributed by atoms with E-state index in [4.69, 9.17) is 4.74 Å². The van der Waals surface area contributed by atoms with Crippen molar-refractivity contribution in [2.24, 2.45) is 0 Å². The van der Waals surface area contributed by atoms with Gasteiger partial charge in [0.25, 0.3) is 0 Å².